The van der Waals surface area contributed by atoms with E-state index < -0.39 is 6.10 Å². The van der Waals surface area contributed by atoms with Crippen LogP contribution in [0.1, 0.15) is 348 Å². The molecule has 0 bridgehead atoms. The minimum absolute atomic E-state index is 0.0867. The third kappa shape index (κ3) is 65.4. The zero-order valence-corrected chi connectivity index (χ0v) is 53.1. The molecule has 0 aliphatic carbocycles. The number of ether oxygens (including phenoxy) is 3. The molecule has 0 heterocycles. The number of unbranched alkanes of at least 4 members (excludes halogenated alkanes) is 38. The number of carbonyl (C=O) groups excluding carboxylic acids is 3. The molecule has 0 N–H and O–H groups in total. The molecule has 1 atom stereocenters. The number of rotatable bonds is 63. The number of esters is 3. The Hall–Kier alpha value is -3.41. The molecule has 0 radical (unpaired) electrons. The number of allylic oxidation sites excluding steroid dienone is 14. The fourth-order valence-corrected chi connectivity index (χ4v) is 9.93. The van der Waals surface area contributed by atoms with Gasteiger partial charge >= 0.3 is 17.9 Å². The van der Waals surface area contributed by atoms with Gasteiger partial charge < -0.3 is 14.2 Å². The first-order valence-corrected chi connectivity index (χ1v) is 34.6. The monoisotopic (exact) mass is 1110 g/mol. The average molecular weight is 1120 g/mol. The summed E-state index contributed by atoms with van der Waals surface area (Å²) in [7, 11) is 0. The molecule has 0 spiro atoms. The molecule has 462 valence electrons. The van der Waals surface area contributed by atoms with Gasteiger partial charge in [-0.2, -0.15) is 0 Å². The Bertz CT molecular complexity index is 1520. The van der Waals surface area contributed by atoms with Crippen LogP contribution in [0, 0.1) is 0 Å². The largest absolute Gasteiger partial charge is 0.462 e. The van der Waals surface area contributed by atoms with E-state index in [0.29, 0.717) is 19.3 Å². The van der Waals surface area contributed by atoms with Gasteiger partial charge in [-0.05, 0) is 116 Å². The van der Waals surface area contributed by atoms with E-state index in [1.807, 2.05) is 0 Å². The first kappa shape index (κ1) is 76.6. The number of carbonyl (C=O) groups is 3. The number of hydrogen-bond acceptors (Lipinski definition) is 6. The second-order valence-electron chi connectivity index (χ2n) is 23.1. The highest BCUT2D eigenvalue weighted by atomic mass is 16.6. The lowest BCUT2D eigenvalue weighted by Crippen LogP contribution is -2.30. The van der Waals surface area contributed by atoms with Crippen molar-refractivity contribution in [1.82, 2.24) is 0 Å². The topological polar surface area (TPSA) is 78.9 Å². The Kier molecular flexibility index (Phi) is 65.2. The van der Waals surface area contributed by atoms with Crippen molar-refractivity contribution < 1.29 is 28.6 Å². The summed E-state index contributed by atoms with van der Waals surface area (Å²) in [6, 6.07) is 0. The first-order chi connectivity index (χ1) is 39.5. The molecule has 0 rings (SSSR count). The molecule has 0 aromatic rings. The van der Waals surface area contributed by atoms with Crippen molar-refractivity contribution in [3.05, 3.63) is 85.1 Å². The van der Waals surface area contributed by atoms with Crippen molar-refractivity contribution in [1.29, 1.82) is 0 Å². The van der Waals surface area contributed by atoms with E-state index >= 15 is 0 Å². The third-order valence-electron chi connectivity index (χ3n) is 15.1. The van der Waals surface area contributed by atoms with Gasteiger partial charge in [-0.25, -0.2) is 0 Å². The summed E-state index contributed by atoms with van der Waals surface area (Å²) in [5.74, 6) is -0.910. The minimum Gasteiger partial charge on any atom is -0.462 e. The van der Waals surface area contributed by atoms with Crippen LogP contribution in [0.5, 0.6) is 0 Å². The summed E-state index contributed by atoms with van der Waals surface area (Å²) in [4.78, 5) is 38.3. The van der Waals surface area contributed by atoms with Crippen molar-refractivity contribution in [2.75, 3.05) is 13.2 Å². The normalized spacial score (nSPS) is 12.6. The third-order valence-corrected chi connectivity index (χ3v) is 15.1. The molecule has 0 saturated heterocycles. The average Bonchev–Trinajstić information content (AvgIpc) is 3.46. The molecule has 0 aromatic carbocycles. The lowest BCUT2D eigenvalue weighted by Gasteiger charge is -2.18. The van der Waals surface area contributed by atoms with Crippen LogP contribution in [0.4, 0.5) is 0 Å². The van der Waals surface area contributed by atoms with Gasteiger partial charge in [0.05, 0.1) is 0 Å². The van der Waals surface area contributed by atoms with Crippen molar-refractivity contribution >= 4 is 17.9 Å². The predicted octanol–water partition coefficient (Wildman–Crippen LogP) is 23.8. The van der Waals surface area contributed by atoms with Crippen molar-refractivity contribution in [2.45, 2.75) is 354 Å². The summed E-state index contributed by atoms with van der Waals surface area (Å²) < 4.78 is 16.9. The second-order valence-corrected chi connectivity index (χ2v) is 23.1. The van der Waals surface area contributed by atoms with Crippen LogP contribution in [-0.2, 0) is 28.6 Å². The lowest BCUT2D eigenvalue weighted by atomic mass is 10.0. The fourth-order valence-electron chi connectivity index (χ4n) is 9.93. The maximum absolute atomic E-state index is 12.9. The Morgan fingerprint density at radius 3 is 0.787 bits per heavy atom. The second kappa shape index (κ2) is 68.1. The van der Waals surface area contributed by atoms with E-state index in [9.17, 15) is 14.4 Å². The zero-order valence-electron chi connectivity index (χ0n) is 53.1. The predicted molar refractivity (Wildman–Crippen MR) is 348 cm³/mol. The Labute approximate surface area is 496 Å². The van der Waals surface area contributed by atoms with Crippen molar-refractivity contribution in [2.24, 2.45) is 0 Å². The standard InChI is InChI=1S/C74H130O6/c1-4-7-10-13-16-19-22-25-27-29-31-32-33-34-35-36-37-38-39-40-41-42-43-45-46-49-52-55-58-61-64-67-73(76)79-70-71(69-78-72(75)66-63-60-57-54-51-48-24-21-18-15-12-9-6-3)80-74(77)68-65-62-59-56-53-50-47-44-30-28-26-23-20-17-14-11-8-5-2/h9,12,18,20-23,25,28-31,48,51,71H,4-8,10-11,13-17,19,24,26-27,32-47,49-50,52-70H2,1-3H3/b12-9-,21-18-,23-20-,25-22-,30-28-,31-29-,51-48-. The number of hydrogen-bond donors (Lipinski definition) is 0. The van der Waals surface area contributed by atoms with Gasteiger partial charge in [-0.1, -0.05) is 298 Å². The van der Waals surface area contributed by atoms with Gasteiger partial charge in [-0.15, -0.1) is 0 Å². The van der Waals surface area contributed by atoms with Crippen molar-refractivity contribution in [3.8, 4) is 0 Å². The van der Waals surface area contributed by atoms with Crippen LogP contribution in [0.15, 0.2) is 85.1 Å². The molecular weight excluding hydrogens is 985 g/mol. The molecule has 0 fully saturated rings. The molecule has 1 unspecified atom stereocenters. The van der Waals surface area contributed by atoms with Gasteiger partial charge in [0.2, 0.25) is 0 Å². The van der Waals surface area contributed by atoms with E-state index in [4.69, 9.17) is 14.2 Å². The minimum atomic E-state index is -0.793. The molecule has 0 aliphatic heterocycles. The Morgan fingerprint density at radius 1 is 0.263 bits per heavy atom. The van der Waals surface area contributed by atoms with Gasteiger partial charge in [-0.3, -0.25) is 14.4 Å². The molecule has 0 aromatic heterocycles. The van der Waals surface area contributed by atoms with Crippen LogP contribution < -0.4 is 0 Å². The molecule has 0 aliphatic rings. The van der Waals surface area contributed by atoms with Crippen LogP contribution >= 0.6 is 0 Å². The Morgan fingerprint density at radius 2 is 0.487 bits per heavy atom. The summed E-state index contributed by atoms with van der Waals surface area (Å²) >= 11 is 0. The molecule has 6 nitrogen and oxygen atoms in total. The lowest BCUT2D eigenvalue weighted by molar-refractivity contribution is -0.167. The summed E-state index contributed by atoms with van der Waals surface area (Å²) in [5, 5.41) is 0. The quantitative estimate of drug-likeness (QED) is 0.0261. The van der Waals surface area contributed by atoms with E-state index in [1.54, 1.807) is 0 Å². The fraction of sp³-hybridized carbons (Fsp3) is 0.770. The highest BCUT2D eigenvalue weighted by Crippen LogP contribution is 2.17. The maximum atomic E-state index is 12.9. The zero-order chi connectivity index (χ0) is 57.8. The van der Waals surface area contributed by atoms with Crippen LogP contribution in [0.3, 0.4) is 0 Å². The van der Waals surface area contributed by atoms with E-state index in [1.165, 1.54) is 205 Å². The summed E-state index contributed by atoms with van der Waals surface area (Å²) in [5.41, 5.74) is 0. The van der Waals surface area contributed by atoms with Crippen molar-refractivity contribution in [3.63, 3.8) is 0 Å². The Balaban J connectivity index is 4.20. The van der Waals surface area contributed by atoms with Gasteiger partial charge in [0.15, 0.2) is 6.10 Å². The van der Waals surface area contributed by atoms with E-state index in [2.05, 4.69) is 106 Å². The SMILES string of the molecule is CC/C=C\C/C=C\C/C=C\CCCCCC(=O)OCC(COC(=O)CCCCCCCCCCCCCCCCCCCCC/C=C\C/C=C\CCCCCCC)OC(=O)CCCCCCCCC/C=C\C/C=C\CCCCCC. The van der Waals surface area contributed by atoms with Crippen LogP contribution in [-0.4, -0.2) is 37.2 Å². The smallest absolute Gasteiger partial charge is 0.306 e. The summed E-state index contributed by atoms with van der Waals surface area (Å²) in [6.07, 6.45) is 90.5. The molecule has 80 heavy (non-hydrogen) atoms. The van der Waals surface area contributed by atoms with Gasteiger partial charge in [0, 0.05) is 19.3 Å². The first-order valence-electron chi connectivity index (χ1n) is 34.6. The highest BCUT2D eigenvalue weighted by Gasteiger charge is 2.19. The molecular formula is C74H130O6. The molecule has 0 saturated carbocycles. The molecule has 6 heteroatoms. The van der Waals surface area contributed by atoms with Crippen LogP contribution in [0.25, 0.3) is 0 Å². The summed E-state index contributed by atoms with van der Waals surface area (Å²) in [6.45, 7) is 6.51. The van der Waals surface area contributed by atoms with Gasteiger partial charge in [0.25, 0.3) is 0 Å². The van der Waals surface area contributed by atoms with E-state index in [0.717, 1.165) is 103 Å². The van der Waals surface area contributed by atoms with Crippen LogP contribution in [0.2, 0.25) is 0 Å². The molecule has 0 amide bonds. The van der Waals surface area contributed by atoms with Gasteiger partial charge in [0.1, 0.15) is 13.2 Å². The highest BCUT2D eigenvalue weighted by molar-refractivity contribution is 5.71. The maximum Gasteiger partial charge on any atom is 0.306 e. The van der Waals surface area contributed by atoms with E-state index in [-0.39, 0.29) is 31.1 Å².